The third kappa shape index (κ3) is 2.61. The number of thiocarbonyl (C=S) groups is 1. The van der Waals surface area contributed by atoms with Crippen molar-refractivity contribution in [3.05, 3.63) is 71.8 Å². The zero-order valence-electron chi connectivity index (χ0n) is 13.0. The van der Waals surface area contributed by atoms with Crippen LogP contribution < -0.4 is 5.32 Å². The molecule has 0 aromatic heterocycles. The van der Waals surface area contributed by atoms with Crippen molar-refractivity contribution < 1.29 is 4.74 Å². The first-order valence-electron chi connectivity index (χ1n) is 7.73. The van der Waals surface area contributed by atoms with Gasteiger partial charge in [0.05, 0.1) is 6.04 Å². The number of nitrogens with one attached hydrogen (secondary N) is 1. The second-order valence-corrected chi connectivity index (χ2v) is 6.55. The van der Waals surface area contributed by atoms with Gasteiger partial charge in [-0.2, -0.15) is 0 Å². The number of ether oxygens (including phenoxy) is 1. The Morgan fingerprint density at radius 1 is 1.00 bits per heavy atom. The molecule has 2 aromatic carbocycles. The van der Waals surface area contributed by atoms with Crippen molar-refractivity contribution in [2.75, 3.05) is 0 Å². The highest BCUT2D eigenvalue weighted by Gasteiger charge is 2.50. The summed E-state index contributed by atoms with van der Waals surface area (Å²) in [6.07, 6.45) is 0.990. The van der Waals surface area contributed by atoms with Gasteiger partial charge in [0.2, 0.25) is 0 Å². The molecule has 22 heavy (non-hydrogen) atoms. The van der Waals surface area contributed by atoms with Crippen LogP contribution in [0.15, 0.2) is 60.7 Å². The minimum Gasteiger partial charge on any atom is -0.452 e. The van der Waals surface area contributed by atoms with Crippen molar-refractivity contribution in [3.8, 4) is 0 Å². The maximum absolute atomic E-state index is 6.25. The van der Waals surface area contributed by atoms with Crippen molar-refractivity contribution in [2.45, 2.75) is 31.9 Å². The Labute approximate surface area is 137 Å². The molecule has 0 bridgehead atoms. The highest BCUT2D eigenvalue weighted by molar-refractivity contribution is 7.80. The van der Waals surface area contributed by atoms with E-state index in [2.05, 4.69) is 67.7 Å². The molecule has 2 nitrogen and oxygen atoms in total. The van der Waals surface area contributed by atoms with Crippen LogP contribution in [0.2, 0.25) is 0 Å². The third-order valence-corrected chi connectivity index (χ3v) is 4.35. The summed E-state index contributed by atoms with van der Waals surface area (Å²) in [5.74, 6) is 0.550. The fourth-order valence-corrected chi connectivity index (χ4v) is 3.52. The van der Waals surface area contributed by atoms with Crippen molar-refractivity contribution in [3.63, 3.8) is 0 Å². The van der Waals surface area contributed by atoms with E-state index in [1.54, 1.807) is 0 Å². The van der Waals surface area contributed by atoms with Gasteiger partial charge >= 0.3 is 0 Å². The lowest BCUT2D eigenvalue weighted by molar-refractivity contribution is 0.0991. The summed E-state index contributed by atoms with van der Waals surface area (Å²) in [5.41, 5.74) is 1.72. The maximum atomic E-state index is 6.25. The standard InChI is InChI=1S/C19H21NOS/c1-14(2)13-17-19(21-18(22)20-17,15-9-5-3-6-10-15)16-11-7-4-8-12-16/h3-12,14,17H,13H2,1-2H3,(H,20,22)/t17-/m0/s1. The first-order chi connectivity index (χ1) is 10.6. The second-order valence-electron chi connectivity index (χ2n) is 6.18. The molecule has 1 aliphatic heterocycles. The minimum absolute atomic E-state index is 0.129. The summed E-state index contributed by atoms with van der Waals surface area (Å²) in [5, 5.41) is 3.87. The van der Waals surface area contributed by atoms with Gasteiger partial charge in [0.15, 0.2) is 5.60 Å². The van der Waals surface area contributed by atoms with E-state index in [0.29, 0.717) is 11.1 Å². The molecule has 2 aromatic rings. The van der Waals surface area contributed by atoms with E-state index in [-0.39, 0.29) is 6.04 Å². The van der Waals surface area contributed by atoms with E-state index in [1.165, 1.54) is 0 Å². The monoisotopic (exact) mass is 311 g/mol. The van der Waals surface area contributed by atoms with Crippen LogP contribution in [0, 0.1) is 5.92 Å². The number of hydrogen-bond acceptors (Lipinski definition) is 2. The molecule has 1 fully saturated rings. The summed E-state index contributed by atoms with van der Waals surface area (Å²) in [4.78, 5) is 0. The highest BCUT2D eigenvalue weighted by Crippen LogP contribution is 2.42. The van der Waals surface area contributed by atoms with Crippen LogP contribution in [0.4, 0.5) is 0 Å². The normalized spacial score (nSPS) is 19.8. The Morgan fingerprint density at radius 2 is 1.50 bits per heavy atom. The molecule has 0 saturated carbocycles. The lowest BCUT2D eigenvalue weighted by Crippen LogP contribution is -2.43. The predicted octanol–water partition coefficient (Wildman–Crippen LogP) is 4.25. The van der Waals surface area contributed by atoms with Crippen LogP contribution >= 0.6 is 12.2 Å². The first kappa shape index (κ1) is 15.0. The largest absolute Gasteiger partial charge is 0.452 e. The van der Waals surface area contributed by atoms with Gasteiger partial charge in [-0.1, -0.05) is 74.5 Å². The summed E-state index contributed by atoms with van der Waals surface area (Å²) < 4.78 is 6.25. The van der Waals surface area contributed by atoms with E-state index in [9.17, 15) is 0 Å². The van der Waals surface area contributed by atoms with Gasteiger partial charge in [0.1, 0.15) is 0 Å². The zero-order valence-corrected chi connectivity index (χ0v) is 13.8. The fraction of sp³-hybridized carbons (Fsp3) is 0.316. The van der Waals surface area contributed by atoms with E-state index in [1.807, 2.05) is 12.1 Å². The molecule has 0 unspecified atom stereocenters. The molecule has 0 amide bonds. The molecular weight excluding hydrogens is 290 g/mol. The van der Waals surface area contributed by atoms with Crippen molar-refractivity contribution >= 4 is 17.4 Å². The number of benzene rings is 2. The average molecular weight is 311 g/mol. The average Bonchev–Trinajstić information content (AvgIpc) is 2.85. The van der Waals surface area contributed by atoms with Crippen LogP contribution in [0.25, 0.3) is 0 Å². The van der Waals surface area contributed by atoms with Crippen LogP contribution in [-0.4, -0.2) is 11.2 Å². The van der Waals surface area contributed by atoms with Crippen LogP contribution in [0.5, 0.6) is 0 Å². The number of hydrogen-bond donors (Lipinski definition) is 1. The van der Waals surface area contributed by atoms with Crippen LogP contribution in [0.3, 0.4) is 0 Å². The molecule has 1 atom stereocenters. The summed E-state index contributed by atoms with van der Waals surface area (Å²) in [7, 11) is 0. The summed E-state index contributed by atoms with van der Waals surface area (Å²) in [6.45, 7) is 4.45. The van der Waals surface area contributed by atoms with Gasteiger partial charge in [-0.25, -0.2) is 0 Å². The quantitative estimate of drug-likeness (QED) is 0.853. The molecule has 0 radical (unpaired) electrons. The fourth-order valence-electron chi connectivity index (χ4n) is 3.25. The van der Waals surface area contributed by atoms with E-state index in [4.69, 9.17) is 17.0 Å². The molecule has 0 aliphatic carbocycles. The Morgan fingerprint density at radius 3 is 1.95 bits per heavy atom. The molecule has 1 saturated heterocycles. The Hall–Kier alpha value is -1.87. The smallest absolute Gasteiger partial charge is 0.258 e. The maximum Gasteiger partial charge on any atom is 0.258 e. The van der Waals surface area contributed by atoms with E-state index in [0.717, 1.165) is 17.5 Å². The zero-order chi connectivity index (χ0) is 15.6. The lowest BCUT2D eigenvalue weighted by atomic mass is 9.78. The van der Waals surface area contributed by atoms with Crippen molar-refractivity contribution in [1.29, 1.82) is 0 Å². The Balaban J connectivity index is 2.16. The highest BCUT2D eigenvalue weighted by atomic mass is 32.1. The van der Waals surface area contributed by atoms with Crippen LogP contribution in [0.1, 0.15) is 31.4 Å². The molecule has 1 heterocycles. The van der Waals surface area contributed by atoms with Crippen molar-refractivity contribution in [1.82, 2.24) is 5.32 Å². The van der Waals surface area contributed by atoms with Crippen LogP contribution in [-0.2, 0) is 10.3 Å². The van der Waals surface area contributed by atoms with Gasteiger partial charge < -0.3 is 10.1 Å². The Kier molecular flexibility index (Phi) is 4.16. The molecule has 114 valence electrons. The van der Waals surface area contributed by atoms with Gasteiger partial charge in [0, 0.05) is 11.1 Å². The van der Waals surface area contributed by atoms with E-state index >= 15 is 0 Å². The molecule has 1 N–H and O–H groups in total. The molecule has 1 aliphatic rings. The predicted molar refractivity (Wildman–Crippen MR) is 93.7 cm³/mol. The third-order valence-electron chi connectivity index (χ3n) is 4.15. The summed E-state index contributed by atoms with van der Waals surface area (Å²) in [6, 6.07) is 20.9. The van der Waals surface area contributed by atoms with Gasteiger partial charge in [0.25, 0.3) is 5.17 Å². The first-order valence-corrected chi connectivity index (χ1v) is 8.14. The molecule has 3 heteroatoms. The van der Waals surface area contributed by atoms with Crippen molar-refractivity contribution in [2.24, 2.45) is 5.92 Å². The topological polar surface area (TPSA) is 21.3 Å². The number of rotatable bonds is 4. The molecule has 3 rings (SSSR count). The lowest BCUT2D eigenvalue weighted by Gasteiger charge is -2.34. The van der Waals surface area contributed by atoms with E-state index < -0.39 is 5.60 Å². The SMILES string of the molecule is CC(C)C[C@@H]1NC(=S)OC1(c1ccccc1)c1ccccc1. The minimum atomic E-state index is -0.552. The molecular formula is C19H21NOS. The Bertz CT molecular complexity index is 599. The molecule has 0 spiro atoms. The summed E-state index contributed by atoms with van der Waals surface area (Å²) >= 11 is 5.36. The van der Waals surface area contributed by atoms with Gasteiger partial charge in [-0.05, 0) is 24.6 Å². The second kappa shape index (κ2) is 6.09. The van der Waals surface area contributed by atoms with Gasteiger partial charge in [-0.15, -0.1) is 0 Å². The van der Waals surface area contributed by atoms with Gasteiger partial charge in [-0.3, -0.25) is 0 Å².